The van der Waals surface area contributed by atoms with E-state index in [1.165, 1.54) is 5.56 Å². The number of nitrogens with zero attached hydrogens (tertiary/aromatic N) is 1. The van der Waals surface area contributed by atoms with Crippen molar-refractivity contribution in [2.45, 2.75) is 25.2 Å². The maximum Gasteiger partial charge on any atom is 0.246 e. The van der Waals surface area contributed by atoms with E-state index in [0.29, 0.717) is 17.4 Å². The van der Waals surface area contributed by atoms with Gasteiger partial charge in [-0.15, -0.1) is 0 Å². The van der Waals surface area contributed by atoms with Crippen LogP contribution in [0.2, 0.25) is 0 Å². The number of carbonyl (C=O) groups is 1. The number of methoxy groups -OCH3 is 3. The molecule has 2 aromatic rings. The van der Waals surface area contributed by atoms with Crippen LogP contribution in [0.25, 0.3) is 6.08 Å². The van der Waals surface area contributed by atoms with Gasteiger partial charge in [0.2, 0.25) is 5.91 Å². The third-order valence-electron chi connectivity index (χ3n) is 5.40. The van der Waals surface area contributed by atoms with Crippen molar-refractivity contribution in [2.24, 2.45) is 0 Å². The van der Waals surface area contributed by atoms with Crippen molar-refractivity contribution >= 4 is 12.0 Å². The summed E-state index contributed by atoms with van der Waals surface area (Å²) >= 11 is 0. The third-order valence-corrected chi connectivity index (χ3v) is 5.40. The van der Waals surface area contributed by atoms with Gasteiger partial charge < -0.3 is 19.1 Å². The molecule has 154 valence electrons. The van der Waals surface area contributed by atoms with Gasteiger partial charge in [0.15, 0.2) is 11.5 Å². The maximum atomic E-state index is 12.8. The van der Waals surface area contributed by atoms with Gasteiger partial charge in [-0.05, 0) is 54.3 Å². The Morgan fingerprint density at radius 2 is 1.72 bits per heavy atom. The molecule has 3 rings (SSSR count). The topological polar surface area (TPSA) is 48.0 Å². The summed E-state index contributed by atoms with van der Waals surface area (Å²) in [5, 5.41) is 0. The number of hydrogen-bond acceptors (Lipinski definition) is 4. The fourth-order valence-corrected chi connectivity index (χ4v) is 3.72. The first kappa shape index (κ1) is 20.8. The van der Waals surface area contributed by atoms with E-state index >= 15 is 0 Å². The van der Waals surface area contributed by atoms with Crippen molar-refractivity contribution < 1.29 is 19.0 Å². The van der Waals surface area contributed by atoms with Crippen LogP contribution < -0.4 is 14.2 Å². The Hall–Kier alpha value is -2.95. The Morgan fingerprint density at radius 3 is 2.41 bits per heavy atom. The van der Waals surface area contributed by atoms with Crippen LogP contribution in [-0.2, 0) is 4.79 Å². The van der Waals surface area contributed by atoms with Gasteiger partial charge in [-0.2, -0.15) is 0 Å². The van der Waals surface area contributed by atoms with Crippen molar-refractivity contribution in [1.29, 1.82) is 0 Å². The molecule has 1 saturated heterocycles. The summed E-state index contributed by atoms with van der Waals surface area (Å²) in [6.45, 7) is 1.53. The van der Waals surface area contributed by atoms with Crippen molar-refractivity contribution in [1.82, 2.24) is 4.90 Å². The molecule has 0 saturated carbocycles. The second-order valence-corrected chi connectivity index (χ2v) is 7.20. The van der Waals surface area contributed by atoms with E-state index in [-0.39, 0.29) is 5.91 Å². The van der Waals surface area contributed by atoms with Crippen LogP contribution in [0, 0.1) is 0 Å². The van der Waals surface area contributed by atoms with Crippen LogP contribution in [0.1, 0.15) is 36.3 Å². The molecule has 0 aliphatic carbocycles. The molecule has 1 heterocycles. The minimum atomic E-state index is 0.0418. The first-order chi connectivity index (χ1) is 14.1. The third kappa shape index (κ3) is 5.31. The van der Waals surface area contributed by atoms with Gasteiger partial charge in [-0.3, -0.25) is 4.79 Å². The van der Waals surface area contributed by atoms with E-state index in [1.54, 1.807) is 27.4 Å². The average Bonchev–Trinajstić information content (AvgIpc) is 3.03. The molecule has 5 heteroatoms. The van der Waals surface area contributed by atoms with Crippen molar-refractivity contribution in [3.63, 3.8) is 0 Å². The lowest BCUT2D eigenvalue weighted by Crippen LogP contribution is -2.32. The number of rotatable bonds is 6. The van der Waals surface area contributed by atoms with Crippen molar-refractivity contribution in [2.75, 3.05) is 34.4 Å². The zero-order valence-electron chi connectivity index (χ0n) is 17.4. The number of carbonyl (C=O) groups excluding carboxylic acids is 1. The van der Waals surface area contributed by atoms with Crippen LogP contribution in [0.5, 0.6) is 17.2 Å². The summed E-state index contributed by atoms with van der Waals surface area (Å²) in [7, 11) is 4.88. The zero-order chi connectivity index (χ0) is 20.6. The van der Waals surface area contributed by atoms with Crippen molar-refractivity contribution in [3.05, 3.63) is 59.7 Å². The van der Waals surface area contributed by atoms with Gasteiger partial charge in [0.1, 0.15) is 5.75 Å². The smallest absolute Gasteiger partial charge is 0.246 e. The fraction of sp³-hybridized carbons (Fsp3) is 0.375. The molecule has 0 spiro atoms. The Bertz CT molecular complexity index is 844. The number of likely N-dealkylation sites (tertiary alicyclic amines) is 1. The average molecular weight is 395 g/mol. The number of benzene rings is 2. The zero-order valence-corrected chi connectivity index (χ0v) is 17.4. The standard InChI is InChI=1S/C24H29NO4/c1-27-21-11-9-19(10-12-21)20-6-4-5-15-25(17-20)24(26)14-8-18-7-13-22(28-2)23(16-18)29-3/h7-14,16,20H,4-6,15,17H2,1-3H3/b14-8+. The highest BCUT2D eigenvalue weighted by Gasteiger charge is 2.22. The van der Waals surface area contributed by atoms with Crippen LogP contribution in [-0.4, -0.2) is 45.2 Å². The molecule has 1 amide bonds. The van der Waals surface area contributed by atoms with Gasteiger partial charge >= 0.3 is 0 Å². The summed E-state index contributed by atoms with van der Waals surface area (Å²) in [6.07, 6.45) is 6.73. The van der Waals surface area contributed by atoms with Crippen LogP contribution in [0.4, 0.5) is 0 Å². The highest BCUT2D eigenvalue weighted by molar-refractivity contribution is 5.92. The molecule has 1 fully saturated rings. The Kier molecular flexibility index (Phi) is 7.17. The Labute approximate surface area is 172 Å². The summed E-state index contributed by atoms with van der Waals surface area (Å²) < 4.78 is 15.9. The van der Waals surface area contributed by atoms with E-state index < -0.39 is 0 Å². The van der Waals surface area contributed by atoms with Gasteiger partial charge in [0.25, 0.3) is 0 Å². The second-order valence-electron chi connectivity index (χ2n) is 7.20. The molecular formula is C24H29NO4. The summed E-state index contributed by atoms with van der Waals surface area (Å²) in [5.41, 5.74) is 2.16. The maximum absolute atomic E-state index is 12.8. The molecule has 5 nitrogen and oxygen atoms in total. The SMILES string of the molecule is COc1ccc(C2CCCCN(C(=O)/C=C/c3ccc(OC)c(OC)c3)C2)cc1. The lowest BCUT2D eigenvalue weighted by molar-refractivity contribution is -0.126. The highest BCUT2D eigenvalue weighted by Crippen LogP contribution is 2.29. The molecule has 2 aromatic carbocycles. The van der Waals surface area contributed by atoms with E-state index in [2.05, 4.69) is 12.1 Å². The predicted molar refractivity (Wildman–Crippen MR) is 115 cm³/mol. The first-order valence-corrected chi connectivity index (χ1v) is 9.97. The number of ether oxygens (including phenoxy) is 3. The molecule has 1 atom stereocenters. The second kappa shape index (κ2) is 10.0. The lowest BCUT2D eigenvalue weighted by Gasteiger charge is -2.24. The normalized spacial score (nSPS) is 17.1. The fourth-order valence-electron chi connectivity index (χ4n) is 3.72. The Morgan fingerprint density at radius 1 is 0.966 bits per heavy atom. The molecule has 1 aliphatic heterocycles. The number of hydrogen-bond donors (Lipinski definition) is 0. The van der Waals surface area contributed by atoms with Crippen LogP contribution in [0.15, 0.2) is 48.5 Å². The van der Waals surface area contributed by atoms with Gasteiger partial charge in [-0.1, -0.05) is 24.6 Å². The Balaban J connectivity index is 1.69. The molecular weight excluding hydrogens is 366 g/mol. The van der Waals surface area contributed by atoms with Gasteiger partial charge in [-0.25, -0.2) is 0 Å². The molecule has 0 bridgehead atoms. The minimum Gasteiger partial charge on any atom is -0.497 e. The summed E-state index contributed by atoms with van der Waals surface area (Å²) in [5.74, 6) is 2.57. The molecule has 0 N–H and O–H groups in total. The summed E-state index contributed by atoms with van der Waals surface area (Å²) in [6, 6.07) is 13.8. The van der Waals surface area contributed by atoms with E-state index in [0.717, 1.165) is 43.7 Å². The lowest BCUT2D eigenvalue weighted by atomic mass is 9.94. The highest BCUT2D eigenvalue weighted by atomic mass is 16.5. The van der Waals surface area contributed by atoms with Crippen LogP contribution >= 0.6 is 0 Å². The van der Waals surface area contributed by atoms with E-state index in [4.69, 9.17) is 14.2 Å². The quantitative estimate of drug-likeness (QED) is 0.675. The summed E-state index contributed by atoms with van der Waals surface area (Å²) in [4.78, 5) is 14.8. The van der Waals surface area contributed by atoms with Gasteiger partial charge in [0, 0.05) is 25.1 Å². The van der Waals surface area contributed by atoms with Crippen molar-refractivity contribution in [3.8, 4) is 17.2 Å². The van der Waals surface area contributed by atoms with E-state index in [1.807, 2.05) is 41.3 Å². The monoisotopic (exact) mass is 395 g/mol. The minimum absolute atomic E-state index is 0.0418. The molecule has 0 radical (unpaired) electrons. The molecule has 1 aliphatic rings. The largest absolute Gasteiger partial charge is 0.497 e. The first-order valence-electron chi connectivity index (χ1n) is 9.97. The van der Waals surface area contributed by atoms with E-state index in [9.17, 15) is 4.79 Å². The molecule has 29 heavy (non-hydrogen) atoms. The van der Waals surface area contributed by atoms with Crippen LogP contribution in [0.3, 0.4) is 0 Å². The molecule has 1 unspecified atom stereocenters. The number of amides is 1. The van der Waals surface area contributed by atoms with Gasteiger partial charge in [0.05, 0.1) is 21.3 Å². The molecule has 0 aromatic heterocycles. The predicted octanol–water partition coefficient (Wildman–Crippen LogP) is 4.52.